The fourth-order valence-electron chi connectivity index (χ4n) is 4.02. The second kappa shape index (κ2) is 9.92. The number of alkyl halides is 3. The monoisotopic (exact) mass is 530 g/mol. The number of aliphatic hydroxyl groups is 2. The average molecular weight is 530 g/mol. The highest BCUT2D eigenvalue weighted by molar-refractivity contribution is 5.85. The Morgan fingerprint density at radius 3 is 2.68 bits per heavy atom. The zero-order valence-corrected chi connectivity index (χ0v) is 19.7. The lowest BCUT2D eigenvalue weighted by atomic mass is 10.1. The van der Waals surface area contributed by atoms with Crippen molar-refractivity contribution in [1.29, 1.82) is 0 Å². The SMILES string of the molecule is CNC(=O)[C@H]1O[C@@H](n2cnc3c(NCc4cc(C(F)(F)F)ccn4)nc(-c4cccnc4)nc32)[C@H](O)C1O. The van der Waals surface area contributed by atoms with E-state index in [-0.39, 0.29) is 35.0 Å². The summed E-state index contributed by atoms with van der Waals surface area (Å²) < 4.78 is 46.4. The third-order valence-electron chi connectivity index (χ3n) is 5.94. The highest BCUT2D eigenvalue weighted by Gasteiger charge is 2.47. The predicted octanol–water partition coefficient (Wildman–Crippen LogP) is 1.28. The van der Waals surface area contributed by atoms with Gasteiger partial charge in [-0.3, -0.25) is 19.3 Å². The minimum Gasteiger partial charge on any atom is -0.387 e. The number of nitrogens with one attached hydrogen (secondary N) is 2. The number of fused-ring (bicyclic) bond motifs is 1. The molecule has 1 amide bonds. The summed E-state index contributed by atoms with van der Waals surface area (Å²) in [5.41, 5.74) is 0.179. The quantitative estimate of drug-likeness (QED) is 0.286. The second-order valence-electron chi connectivity index (χ2n) is 8.39. The number of pyridine rings is 2. The third kappa shape index (κ3) is 4.73. The van der Waals surface area contributed by atoms with Gasteiger partial charge < -0.3 is 25.6 Å². The van der Waals surface area contributed by atoms with Crippen LogP contribution in [0.3, 0.4) is 0 Å². The smallest absolute Gasteiger partial charge is 0.387 e. The first-order chi connectivity index (χ1) is 18.2. The van der Waals surface area contributed by atoms with Crippen molar-refractivity contribution < 1.29 is 32.9 Å². The van der Waals surface area contributed by atoms with Crippen LogP contribution in [0.1, 0.15) is 17.5 Å². The molecule has 0 bridgehead atoms. The summed E-state index contributed by atoms with van der Waals surface area (Å²) in [5, 5.41) is 26.3. The lowest BCUT2D eigenvalue weighted by Crippen LogP contribution is -2.41. The number of amides is 1. The van der Waals surface area contributed by atoms with Crippen molar-refractivity contribution in [3.63, 3.8) is 0 Å². The Morgan fingerprint density at radius 2 is 1.97 bits per heavy atom. The van der Waals surface area contributed by atoms with Crippen molar-refractivity contribution in [1.82, 2.24) is 34.8 Å². The molecule has 0 aromatic carbocycles. The molecule has 1 saturated heterocycles. The van der Waals surface area contributed by atoms with Crippen LogP contribution in [0.25, 0.3) is 22.6 Å². The fourth-order valence-corrected chi connectivity index (χ4v) is 4.02. The number of nitrogens with zero attached hydrogens (tertiary/aromatic N) is 6. The number of rotatable bonds is 6. The first-order valence-corrected chi connectivity index (χ1v) is 11.3. The van der Waals surface area contributed by atoms with Crippen LogP contribution >= 0.6 is 0 Å². The lowest BCUT2D eigenvalue weighted by Gasteiger charge is -2.17. The van der Waals surface area contributed by atoms with Crippen molar-refractivity contribution in [2.45, 2.75) is 37.3 Å². The van der Waals surface area contributed by atoms with Gasteiger partial charge in [0.15, 0.2) is 35.1 Å². The highest BCUT2D eigenvalue weighted by atomic mass is 19.4. The zero-order valence-electron chi connectivity index (χ0n) is 19.7. The molecular formula is C23H21F3N8O4. The van der Waals surface area contributed by atoms with E-state index < -0.39 is 42.2 Å². The maximum absolute atomic E-state index is 13.1. The van der Waals surface area contributed by atoms with E-state index in [1.54, 1.807) is 18.3 Å². The maximum atomic E-state index is 13.1. The number of carbonyl (C=O) groups is 1. The molecule has 38 heavy (non-hydrogen) atoms. The van der Waals surface area contributed by atoms with E-state index >= 15 is 0 Å². The number of ether oxygens (including phenoxy) is 1. The molecule has 1 fully saturated rings. The normalized spacial score (nSPS) is 21.5. The Balaban J connectivity index is 1.54. The molecule has 198 valence electrons. The molecule has 4 aromatic rings. The van der Waals surface area contributed by atoms with Gasteiger partial charge >= 0.3 is 6.18 Å². The summed E-state index contributed by atoms with van der Waals surface area (Å²) in [6.45, 7) is -0.116. The summed E-state index contributed by atoms with van der Waals surface area (Å²) in [4.78, 5) is 33.5. The van der Waals surface area contributed by atoms with E-state index in [0.717, 1.165) is 18.3 Å². The Kier molecular flexibility index (Phi) is 6.64. The highest BCUT2D eigenvalue weighted by Crippen LogP contribution is 2.34. The zero-order chi connectivity index (χ0) is 27.0. The van der Waals surface area contributed by atoms with Crippen LogP contribution in [0.2, 0.25) is 0 Å². The first kappa shape index (κ1) is 25.4. The second-order valence-corrected chi connectivity index (χ2v) is 8.39. The number of aromatic nitrogens is 6. The van der Waals surface area contributed by atoms with Gasteiger partial charge in [-0.2, -0.15) is 13.2 Å². The van der Waals surface area contributed by atoms with Gasteiger partial charge in [-0.05, 0) is 24.3 Å². The minimum absolute atomic E-state index is 0.111. The Morgan fingerprint density at radius 1 is 1.16 bits per heavy atom. The van der Waals surface area contributed by atoms with Crippen LogP contribution < -0.4 is 10.6 Å². The van der Waals surface area contributed by atoms with Gasteiger partial charge in [-0.25, -0.2) is 15.0 Å². The molecule has 1 aliphatic rings. The number of aliphatic hydroxyl groups excluding tert-OH is 2. The van der Waals surface area contributed by atoms with Gasteiger partial charge in [0.2, 0.25) is 0 Å². The molecule has 0 spiro atoms. The fraction of sp³-hybridized carbons (Fsp3) is 0.304. The number of likely N-dealkylation sites (N-methyl/N-ethyl adjacent to an activating group) is 1. The molecular weight excluding hydrogens is 509 g/mol. The van der Waals surface area contributed by atoms with Crippen LogP contribution in [0, 0.1) is 0 Å². The number of anilines is 1. The first-order valence-electron chi connectivity index (χ1n) is 11.3. The maximum Gasteiger partial charge on any atom is 0.416 e. The van der Waals surface area contributed by atoms with Gasteiger partial charge in [0, 0.05) is 31.2 Å². The van der Waals surface area contributed by atoms with Crippen LogP contribution in [-0.2, 0) is 22.3 Å². The molecule has 4 atom stereocenters. The molecule has 5 rings (SSSR count). The summed E-state index contributed by atoms with van der Waals surface area (Å²) >= 11 is 0. The van der Waals surface area contributed by atoms with Crippen molar-refractivity contribution in [2.75, 3.05) is 12.4 Å². The van der Waals surface area contributed by atoms with E-state index in [1.165, 1.54) is 24.1 Å². The van der Waals surface area contributed by atoms with E-state index in [1.807, 2.05) is 0 Å². The number of carbonyl (C=O) groups excluding carboxylic acids is 1. The number of hydrogen-bond acceptors (Lipinski definition) is 10. The Hall–Kier alpha value is -4.21. The summed E-state index contributed by atoms with van der Waals surface area (Å²) in [7, 11) is 1.37. The van der Waals surface area contributed by atoms with E-state index in [4.69, 9.17) is 4.74 Å². The number of halogens is 3. The van der Waals surface area contributed by atoms with Gasteiger partial charge in [0.05, 0.1) is 24.1 Å². The van der Waals surface area contributed by atoms with Crippen molar-refractivity contribution in [3.8, 4) is 11.4 Å². The van der Waals surface area contributed by atoms with Gasteiger partial charge in [-0.1, -0.05) is 0 Å². The topological polar surface area (TPSA) is 160 Å². The van der Waals surface area contributed by atoms with Crippen molar-refractivity contribution >= 4 is 22.9 Å². The molecule has 0 radical (unpaired) electrons. The van der Waals surface area contributed by atoms with Crippen molar-refractivity contribution in [3.05, 3.63) is 60.4 Å². The van der Waals surface area contributed by atoms with Crippen LogP contribution in [0.15, 0.2) is 49.2 Å². The molecule has 15 heteroatoms. The summed E-state index contributed by atoms with van der Waals surface area (Å²) in [6, 6.07) is 5.18. The summed E-state index contributed by atoms with van der Waals surface area (Å²) in [6.07, 6.45) is -4.62. The average Bonchev–Trinajstić information content (AvgIpc) is 3.47. The van der Waals surface area contributed by atoms with E-state index in [9.17, 15) is 28.2 Å². The molecule has 4 N–H and O–H groups in total. The summed E-state index contributed by atoms with van der Waals surface area (Å²) in [5.74, 6) is -0.254. The largest absolute Gasteiger partial charge is 0.416 e. The van der Waals surface area contributed by atoms with Gasteiger partial charge in [0.1, 0.15) is 12.2 Å². The van der Waals surface area contributed by atoms with Gasteiger partial charge in [-0.15, -0.1) is 0 Å². The molecule has 5 heterocycles. The molecule has 12 nitrogen and oxygen atoms in total. The molecule has 1 aliphatic heterocycles. The number of imidazole rings is 1. The Bertz CT molecular complexity index is 1470. The van der Waals surface area contributed by atoms with Crippen LogP contribution in [0.4, 0.5) is 19.0 Å². The van der Waals surface area contributed by atoms with Gasteiger partial charge in [0.25, 0.3) is 5.91 Å². The number of hydrogen-bond donors (Lipinski definition) is 4. The molecule has 0 aliphatic carbocycles. The van der Waals surface area contributed by atoms with Crippen LogP contribution in [-0.4, -0.2) is 71.0 Å². The van der Waals surface area contributed by atoms with E-state index in [2.05, 4.69) is 35.6 Å². The molecule has 1 unspecified atom stereocenters. The predicted molar refractivity (Wildman–Crippen MR) is 125 cm³/mol. The standard InChI is InChI=1S/C23H21F3N8O4/c1-27-21(37)17-15(35)16(36)22(38-17)34-10-31-14-19(30-9-13-7-12(4-6-29-13)23(24,25)26)32-18(33-20(14)34)11-3-2-5-28-8-11/h2-8,10,15-17,22,35-36H,9H2,1H3,(H,27,37)(H,30,32,33)/t15?,16-,17+,22-/m1/s1. The Labute approximate surface area is 212 Å². The van der Waals surface area contributed by atoms with Crippen molar-refractivity contribution in [2.24, 2.45) is 0 Å². The van der Waals surface area contributed by atoms with E-state index in [0.29, 0.717) is 5.56 Å². The molecule has 0 saturated carbocycles. The lowest BCUT2D eigenvalue weighted by molar-refractivity contribution is -0.138. The van der Waals surface area contributed by atoms with Crippen LogP contribution in [0.5, 0.6) is 0 Å². The molecule has 4 aromatic heterocycles. The minimum atomic E-state index is -4.52. The third-order valence-corrected chi connectivity index (χ3v) is 5.94.